The maximum atomic E-state index is 13.0. The molecule has 26 heavy (non-hydrogen) atoms. The standard InChI is InChI=1S/C18H21F3N2O3/c19-18(20,21)13-7-2-1-6-12(13)17(26)23-14-8-10(9-15(14)24)16(25)22-11-4-3-5-11/h1-2,6-7,10-11,14-15,24H,3-5,8-9H2,(H,22,25)(H,23,26)/t10-,14+,15+/m0/s1. The molecule has 3 rings (SSSR count). The zero-order valence-corrected chi connectivity index (χ0v) is 14.1. The van der Waals surface area contributed by atoms with Crippen LogP contribution < -0.4 is 10.6 Å². The average Bonchev–Trinajstić information content (AvgIpc) is 2.91. The molecule has 2 amide bonds. The van der Waals surface area contributed by atoms with E-state index < -0.39 is 41.3 Å². The lowest BCUT2D eigenvalue weighted by molar-refractivity contribution is -0.138. The Morgan fingerprint density at radius 2 is 1.77 bits per heavy atom. The van der Waals surface area contributed by atoms with Crippen LogP contribution >= 0.6 is 0 Å². The van der Waals surface area contributed by atoms with Crippen LogP contribution in [-0.2, 0) is 11.0 Å². The third-order valence-corrected chi connectivity index (χ3v) is 5.14. The summed E-state index contributed by atoms with van der Waals surface area (Å²) in [5, 5.41) is 15.5. The highest BCUT2D eigenvalue weighted by Gasteiger charge is 2.40. The minimum atomic E-state index is -4.65. The molecule has 3 N–H and O–H groups in total. The lowest BCUT2D eigenvalue weighted by Crippen LogP contribution is -2.43. The lowest BCUT2D eigenvalue weighted by Gasteiger charge is -2.27. The number of carbonyl (C=O) groups excluding carboxylic acids is 2. The number of benzene rings is 1. The minimum Gasteiger partial charge on any atom is -0.391 e. The molecule has 0 spiro atoms. The van der Waals surface area contributed by atoms with Crippen molar-refractivity contribution in [3.63, 3.8) is 0 Å². The first-order valence-electron chi connectivity index (χ1n) is 8.71. The molecule has 2 aliphatic rings. The number of halogens is 3. The van der Waals surface area contributed by atoms with Gasteiger partial charge in [0.05, 0.1) is 23.3 Å². The van der Waals surface area contributed by atoms with E-state index in [1.54, 1.807) is 0 Å². The predicted molar refractivity (Wildman–Crippen MR) is 87.2 cm³/mol. The Bertz CT molecular complexity index is 689. The smallest absolute Gasteiger partial charge is 0.391 e. The van der Waals surface area contributed by atoms with E-state index in [0.717, 1.165) is 31.4 Å². The molecule has 1 aromatic carbocycles. The fourth-order valence-corrected chi connectivity index (χ4v) is 3.43. The molecule has 0 radical (unpaired) electrons. The molecule has 3 atom stereocenters. The second-order valence-corrected chi connectivity index (χ2v) is 7.00. The molecule has 1 aromatic rings. The number of hydrogen-bond acceptors (Lipinski definition) is 3. The third-order valence-electron chi connectivity index (χ3n) is 5.14. The molecular formula is C18H21F3N2O3. The van der Waals surface area contributed by atoms with Crippen molar-refractivity contribution in [2.75, 3.05) is 0 Å². The Kier molecular flexibility index (Phi) is 5.22. The van der Waals surface area contributed by atoms with Crippen molar-refractivity contribution in [3.8, 4) is 0 Å². The highest BCUT2D eigenvalue weighted by molar-refractivity contribution is 5.96. The quantitative estimate of drug-likeness (QED) is 0.761. The van der Waals surface area contributed by atoms with Gasteiger partial charge in [-0.3, -0.25) is 9.59 Å². The molecule has 0 aromatic heterocycles. The van der Waals surface area contributed by atoms with Gasteiger partial charge in [0.2, 0.25) is 5.91 Å². The lowest BCUT2D eigenvalue weighted by atomic mass is 9.92. The summed E-state index contributed by atoms with van der Waals surface area (Å²) in [4.78, 5) is 24.5. The van der Waals surface area contributed by atoms with Crippen LogP contribution in [0.2, 0.25) is 0 Å². The van der Waals surface area contributed by atoms with E-state index in [4.69, 9.17) is 0 Å². The van der Waals surface area contributed by atoms with Crippen LogP contribution in [0.1, 0.15) is 48.0 Å². The van der Waals surface area contributed by atoms with Crippen molar-refractivity contribution >= 4 is 11.8 Å². The number of alkyl halides is 3. The highest BCUT2D eigenvalue weighted by Crippen LogP contribution is 2.33. The third kappa shape index (κ3) is 4.00. The second kappa shape index (κ2) is 7.26. The Balaban J connectivity index is 1.64. The number of aliphatic hydroxyl groups is 1. The van der Waals surface area contributed by atoms with Gasteiger partial charge in [0.15, 0.2) is 0 Å². The Hall–Kier alpha value is -2.09. The fraction of sp³-hybridized carbons (Fsp3) is 0.556. The summed E-state index contributed by atoms with van der Waals surface area (Å²) >= 11 is 0. The largest absolute Gasteiger partial charge is 0.417 e. The molecule has 8 heteroatoms. The highest BCUT2D eigenvalue weighted by atomic mass is 19.4. The number of hydrogen-bond donors (Lipinski definition) is 3. The maximum Gasteiger partial charge on any atom is 0.417 e. The van der Waals surface area contributed by atoms with E-state index in [-0.39, 0.29) is 24.8 Å². The van der Waals surface area contributed by atoms with Gasteiger partial charge in [0.1, 0.15) is 0 Å². The van der Waals surface area contributed by atoms with Crippen LogP contribution in [0.4, 0.5) is 13.2 Å². The molecule has 0 unspecified atom stereocenters. The first-order chi connectivity index (χ1) is 12.3. The molecule has 0 aliphatic heterocycles. The van der Waals surface area contributed by atoms with Crippen molar-refractivity contribution < 1.29 is 27.9 Å². The molecule has 5 nitrogen and oxygen atoms in total. The molecule has 0 bridgehead atoms. The number of nitrogens with one attached hydrogen (secondary N) is 2. The van der Waals surface area contributed by atoms with E-state index >= 15 is 0 Å². The first-order valence-corrected chi connectivity index (χ1v) is 8.71. The Morgan fingerprint density at radius 1 is 1.08 bits per heavy atom. The van der Waals surface area contributed by atoms with Gasteiger partial charge in [-0.1, -0.05) is 12.1 Å². The summed E-state index contributed by atoms with van der Waals surface area (Å²) in [7, 11) is 0. The molecule has 0 heterocycles. The number of rotatable bonds is 4. The molecule has 0 saturated heterocycles. The Labute approximate surface area is 149 Å². The van der Waals surface area contributed by atoms with Gasteiger partial charge in [0.25, 0.3) is 5.91 Å². The summed E-state index contributed by atoms with van der Waals surface area (Å²) in [6, 6.07) is 3.93. The molecule has 2 saturated carbocycles. The van der Waals surface area contributed by atoms with E-state index in [1.807, 2.05) is 0 Å². The van der Waals surface area contributed by atoms with E-state index in [0.29, 0.717) is 0 Å². The van der Waals surface area contributed by atoms with Crippen molar-refractivity contribution in [1.29, 1.82) is 0 Å². The van der Waals surface area contributed by atoms with Crippen LogP contribution in [0.25, 0.3) is 0 Å². The normalized spacial score (nSPS) is 26.2. The average molecular weight is 370 g/mol. The summed E-state index contributed by atoms with van der Waals surface area (Å²) < 4.78 is 39.1. The van der Waals surface area contributed by atoms with Crippen LogP contribution in [0.15, 0.2) is 24.3 Å². The summed E-state index contributed by atoms with van der Waals surface area (Å²) in [6.45, 7) is 0. The Morgan fingerprint density at radius 3 is 2.38 bits per heavy atom. The van der Waals surface area contributed by atoms with Crippen LogP contribution in [-0.4, -0.2) is 35.1 Å². The van der Waals surface area contributed by atoms with Gasteiger partial charge in [-0.05, 0) is 44.2 Å². The van der Waals surface area contributed by atoms with Gasteiger partial charge in [-0.25, -0.2) is 0 Å². The van der Waals surface area contributed by atoms with Gasteiger partial charge >= 0.3 is 6.18 Å². The number of aliphatic hydroxyl groups excluding tert-OH is 1. The van der Waals surface area contributed by atoms with Crippen molar-refractivity contribution in [2.45, 2.75) is 56.5 Å². The fourth-order valence-electron chi connectivity index (χ4n) is 3.43. The van der Waals surface area contributed by atoms with Crippen LogP contribution in [0, 0.1) is 5.92 Å². The van der Waals surface area contributed by atoms with E-state index in [9.17, 15) is 27.9 Å². The monoisotopic (exact) mass is 370 g/mol. The molecular weight excluding hydrogens is 349 g/mol. The minimum absolute atomic E-state index is 0.166. The molecule has 2 aliphatic carbocycles. The van der Waals surface area contributed by atoms with Gasteiger partial charge in [-0.15, -0.1) is 0 Å². The van der Waals surface area contributed by atoms with Crippen molar-refractivity contribution in [3.05, 3.63) is 35.4 Å². The van der Waals surface area contributed by atoms with Crippen molar-refractivity contribution in [2.24, 2.45) is 5.92 Å². The summed E-state index contributed by atoms with van der Waals surface area (Å²) in [6.07, 6.45) is -2.26. The SMILES string of the molecule is O=C(N[C@@H]1C[C@H](C(=O)NC2CCC2)C[C@H]1O)c1ccccc1C(F)(F)F. The van der Waals surface area contributed by atoms with Crippen molar-refractivity contribution in [1.82, 2.24) is 10.6 Å². The predicted octanol–water partition coefficient (Wildman–Crippen LogP) is 2.24. The molecule has 142 valence electrons. The zero-order valence-electron chi connectivity index (χ0n) is 14.1. The van der Waals surface area contributed by atoms with E-state index in [2.05, 4.69) is 10.6 Å². The maximum absolute atomic E-state index is 13.0. The number of carbonyl (C=O) groups is 2. The van der Waals surface area contributed by atoms with Crippen LogP contribution in [0.5, 0.6) is 0 Å². The topological polar surface area (TPSA) is 78.4 Å². The van der Waals surface area contributed by atoms with Gasteiger partial charge in [-0.2, -0.15) is 13.2 Å². The second-order valence-electron chi connectivity index (χ2n) is 7.00. The zero-order chi connectivity index (χ0) is 18.9. The summed E-state index contributed by atoms with van der Waals surface area (Å²) in [5.74, 6) is -1.52. The van der Waals surface area contributed by atoms with Crippen LogP contribution in [0.3, 0.4) is 0 Å². The first kappa shape index (κ1) is 18.7. The summed E-state index contributed by atoms with van der Waals surface area (Å²) in [5.41, 5.74) is -1.51. The van der Waals surface area contributed by atoms with Gasteiger partial charge in [0, 0.05) is 12.0 Å². The number of amides is 2. The van der Waals surface area contributed by atoms with E-state index in [1.165, 1.54) is 12.1 Å². The molecule has 2 fully saturated rings. The van der Waals surface area contributed by atoms with Gasteiger partial charge < -0.3 is 15.7 Å².